The van der Waals surface area contributed by atoms with Crippen molar-refractivity contribution in [2.24, 2.45) is 17.6 Å². The van der Waals surface area contributed by atoms with Crippen LogP contribution in [0.2, 0.25) is 0 Å². The molecule has 1 saturated carbocycles. The quantitative estimate of drug-likeness (QED) is 0.809. The van der Waals surface area contributed by atoms with Gasteiger partial charge in [-0.25, -0.2) is 4.39 Å². The largest absolute Gasteiger partial charge is 0.393 e. The highest BCUT2D eigenvalue weighted by molar-refractivity contribution is 7.80. The van der Waals surface area contributed by atoms with Gasteiger partial charge in [-0.1, -0.05) is 18.3 Å². The van der Waals surface area contributed by atoms with Gasteiger partial charge in [-0.05, 0) is 30.9 Å². The van der Waals surface area contributed by atoms with Crippen molar-refractivity contribution >= 4 is 22.9 Å². The van der Waals surface area contributed by atoms with Gasteiger partial charge in [0.05, 0.1) is 11.7 Å². The topological polar surface area (TPSA) is 49.5 Å². The van der Waals surface area contributed by atoms with Crippen molar-refractivity contribution in [3.05, 3.63) is 29.6 Å². The van der Waals surface area contributed by atoms with Crippen molar-refractivity contribution in [3.8, 4) is 0 Å². The standard InChI is InChI=1S/C14H17FN2OS/c15-10-2-1-3-11(13(10)14(16)19)17-6-8-4-5-12(18)9(8)7-17/h1-3,8-9,12,18H,4-7H2,(H2,16,19). The molecule has 19 heavy (non-hydrogen) atoms. The van der Waals surface area contributed by atoms with Crippen molar-refractivity contribution in [1.82, 2.24) is 0 Å². The minimum absolute atomic E-state index is 0.0886. The van der Waals surface area contributed by atoms with E-state index >= 15 is 0 Å². The highest BCUT2D eigenvalue weighted by Gasteiger charge is 2.42. The average molecular weight is 280 g/mol. The monoisotopic (exact) mass is 280 g/mol. The van der Waals surface area contributed by atoms with E-state index in [0.717, 1.165) is 31.6 Å². The fourth-order valence-electron chi connectivity index (χ4n) is 3.45. The van der Waals surface area contributed by atoms with Crippen molar-refractivity contribution in [2.45, 2.75) is 18.9 Å². The van der Waals surface area contributed by atoms with Crippen molar-refractivity contribution in [2.75, 3.05) is 18.0 Å². The molecule has 1 saturated heterocycles. The normalized spacial score (nSPS) is 29.6. The lowest BCUT2D eigenvalue weighted by molar-refractivity contribution is 0.133. The third-order valence-electron chi connectivity index (χ3n) is 4.40. The second kappa shape index (κ2) is 4.72. The van der Waals surface area contributed by atoms with Crippen LogP contribution in [-0.2, 0) is 0 Å². The number of hydrogen-bond acceptors (Lipinski definition) is 3. The molecule has 3 unspecified atom stereocenters. The van der Waals surface area contributed by atoms with Crippen LogP contribution in [0.5, 0.6) is 0 Å². The number of nitrogens with zero attached hydrogens (tertiary/aromatic N) is 1. The molecule has 0 spiro atoms. The predicted octanol–water partition coefficient (Wildman–Crippen LogP) is 1.67. The van der Waals surface area contributed by atoms with Gasteiger partial charge in [0.1, 0.15) is 10.8 Å². The van der Waals surface area contributed by atoms with E-state index in [0.29, 0.717) is 17.4 Å². The van der Waals surface area contributed by atoms with Crippen molar-refractivity contribution in [1.29, 1.82) is 0 Å². The molecule has 0 amide bonds. The molecule has 1 aliphatic carbocycles. The van der Waals surface area contributed by atoms with Gasteiger partial charge >= 0.3 is 0 Å². The second-order valence-electron chi connectivity index (χ2n) is 5.47. The number of halogens is 1. The van der Waals surface area contributed by atoms with Crippen LogP contribution in [0.4, 0.5) is 10.1 Å². The Balaban J connectivity index is 1.92. The first-order valence-electron chi connectivity index (χ1n) is 6.59. The van der Waals surface area contributed by atoms with Gasteiger partial charge in [-0.3, -0.25) is 0 Å². The molecule has 0 bridgehead atoms. The van der Waals surface area contributed by atoms with Crippen LogP contribution in [-0.4, -0.2) is 29.3 Å². The maximum absolute atomic E-state index is 13.9. The third-order valence-corrected chi connectivity index (χ3v) is 4.60. The van der Waals surface area contributed by atoms with E-state index in [4.69, 9.17) is 18.0 Å². The van der Waals surface area contributed by atoms with E-state index < -0.39 is 0 Å². The first kappa shape index (κ1) is 12.8. The maximum atomic E-state index is 13.9. The summed E-state index contributed by atoms with van der Waals surface area (Å²) in [6, 6.07) is 4.91. The first-order chi connectivity index (χ1) is 9.08. The molecule has 0 aromatic heterocycles. The van der Waals surface area contributed by atoms with Crippen molar-refractivity contribution < 1.29 is 9.50 Å². The molecule has 1 aromatic rings. The minimum atomic E-state index is -0.373. The summed E-state index contributed by atoms with van der Waals surface area (Å²) in [4.78, 5) is 2.20. The molecule has 0 radical (unpaired) electrons. The summed E-state index contributed by atoms with van der Waals surface area (Å²) in [5.41, 5.74) is 6.73. The maximum Gasteiger partial charge on any atom is 0.135 e. The van der Waals surface area contributed by atoms with Crippen LogP contribution in [0, 0.1) is 17.7 Å². The van der Waals surface area contributed by atoms with Gasteiger partial charge in [0.2, 0.25) is 0 Å². The Morgan fingerprint density at radius 2 is 2.16 bits per heavy atom. The fraction of sp³-hybridized carbons (Fsp3) is 0.500. The lowest BCUT2D eigenvalue weighted by atomic mass is 10.00. The van der Waals surface area contributed by atoms with Gasteiger partial charge in [-0.15, -0.1) is 0 Å². The molecule has 2 fully saturated rings. The molecule has 1 aromatic carbocycles. The molecule has 1 heterocycles. The molecule has 3 N–H and O–H groups in total. The van der Waals surface area contributed by atoms with E-state index in [2.05, 4.69) is 4.90 Å². The lowest BCUT2D eigenvalue weighted by Gasteiger charge is -2.23. The number of thiocarbonyl (C=S) groups is 1. The molecule has 3 rings (SSSR count). The Kier molecular flexibility index (Phi) is 3.19. The number of rotatable bonds is 2. The smallest absolute Gasteiger partial charge is 0.135 e. The molecule has 3 nitrogen and oxygen atoms in total. The van der Waals surface area contributed by atoms with Gasteiger partial charge < -0.3 is 15.7 Å². The SMILES string of the molecule is NC(=S)c1c(F)cccc1N1CC2CCC(O)C2C1. The molecule has 2 aliphatic rings. The van der Waals surface area contributed by atoms with E-state index in [1.54, 1.807) is 6.07 Å². The summed E-state index contributed by atoms with van der Waals surface area (Å²) >= 11 is 4.96. The van der Waals surface area contributed by atoms with Gasteiger partial charge in [0.25, 0.3) is 0 Å². The molecule has 3 atom stereocenters. The zero-order valence-corrected chi connectivity index (χ0v) is 11.4. The number of benzene rings is 1. The zero-order valence-electron chi connectivity index (χ0n) is 10.6. The van der Waals surface area contributed by atoms with E-state index in [9.17, 15) is 9.50 Å². The Bertz CT molecular complexity index is 522. The average Bonchev–Trinajstić information content (AvgIpc) is 2.91. The van der Waals surface area contributed by atoms with E-state index in [1.165, 1.54) is 6.07 Å². The van der Waals surface area contributed by atoms with Crippen molar-refractivity contribution in [3.63, 3.8) is 0 Å². The zero-order chi connectivity index (χ0) is 13.6. The summed E-state index contributed by atoms with van der Waals surface area (Å²) < 4.78 is 13.9. The predicted molar refractivity (Wildman–Crippen MR) is 76.7 cm³/mol. The second-order valence-corrected chi connectivity index (χ2v) is 5.91. The van der Waals surface area contributed by atoms with Gasteiger partial charge in [0.15, 0.2) is 0 Å². The first-order valence-corrected chi connectivity index (χ1v) is 7.00. The van der Waals surface area contributed by atoms with Crippen LogP contribution in [0.3, 0.4) is 0 Å². The molecule has 102 valence electrons. The number of aliphatic hydroxyl groups excluding tert-OH is 1. The summed E-state index contributed by atoms with van der Waals surface area (Å²) in [7, 11) is 0. The van der Waals surface area contributed by atoms with Gasteiger partial charge in [0, 0.05) is 24.7 Å². The molecule has 1 aliphatic heterocycles. The summed E-state index contributed by atoms with van der Waals surface area (Å²) in [5, 5.41) is 9.95. The van der Waals surface area contributed by atoms with E-state index in [1.807, 2.05) is 6.07 Å². The summed E-state index contributed by atoms with van der Waals surface area (Å²) in [6.45, 7) is 1.60. The van der Waals surface area contributed by atoms with Crippen LogP contribution >= 0.6 is 12.2 Å². The highest BCUT2D eigenvalue weighted by atomic mass is 32.1. The number of hydrogen-bond donors (Lipinski definition) is 2. The lowest BCUT2D eigenvalue weighted by Crippen LogP contribution is -2.27. The molecule has 5 heteroatoms. The Labute approximate surface area is 117 Å². The van der Waals surface area contributed by atoms with Crippen LogP contribution < -0.4 is 10.6 Å². The number of aliphatic hydroxyl groups is 1. The number of fused-ring (bicyclic) bond motifs is 1. The number of nitrogens with two attached hydrogens (primary N) is 1. The minimum Gasteiger partial charge on any atom is -0.393 e. The van der Waals surface area contributed by atoms with E-state index in [-0.39, 0.29) is 16.9 Å². The number of anilines is 1. The molecular weight excluding hydrogens is 263 g/mol. The Hall–Kier alpha value is -1.20. The fourth-order valence-corrected chi connectivity index (χ4v) is 3.66. The molecular formula is C14H17FN2OS. The van der Waals surface area contributed by atoms with Gasteiger partial charge in [-0.2, -0.15) is 0 Å². The third kappa shape index (κ3) is 2.11. The van der Waals surface area contributed by atoms with Crippen LogP contribution in [0.25, 0.3) is 0 Å². The highest BCUT2D eigenvalue weighted by Crippen LogP contribution is 2.40. The van der Waals surface area contributed by atoms with Crippen LogP contribution in [0.1, 0.15) is 18.4 Å². The van der Waals surface area contributed by atoms with Crippen LogP contribution in [0.15, 0.2) is 18.2 Å². The summed E-state index contributed by atoms with van der Waals surface area (Å²) in [5.74, 6) is 0.419. The Morgan fingerprint density at radius 1 is 1.37 bits per heavy atom. The summed E-state index contributed by atoms with van der Waals surface area (Å²) in [6.07, 6.45) is 1.70. The Morgan fingerprint density at radius 3 is 2.84 bits per heavy atom.